The number of alkyl halides is 1. The Balaban J connectivity index is 0. The fraction of sp³-hybridized carbons (Fsp3) is 1.00. The number of rotatable bonds is 14. The van der Waals surface area contributed by atoms with Gasteiger partial charge in [-0.05, 0) is 12.8 Å². The molecule has 0 N–H and O–H groups in total. The van der Waals surface area contributed by atoms with E-state index in [1.54, 1.807) is 0 Å². The highest BCUT2D eigenvalue weighted by molar-refractivity contribution is 9.09. The van der Waals surface area contributed by atoms with Crippen molar-refractivity contribution >= 4 is 15.9 Å². The summed E-state index contributed by atoms with van der Waals surface area (Å²) in [6.07, 6.45) is 15.7. The maximum atomic E-state index is 3.52. The third-order valence-corrected chi connectivity index (χ3v) is 4.57. The van der Waals surface area contributed by atoms with Crippen molar-refractivity contribution < 1.29 is 16.9 Å². The van der Waals surface area contributed by atoms with E-state index < -0.39 is 0 Å². The van der Waals surface area contributed by atoms with Crippen molar-refractivity contribution in [3.05, 3.63) is 0 Å². The van der Waals surface area contributed by atoms with Crippen LogP contribution in [-0.4, -0.2) is 37.0 Å². The average Bonchev–Trinajstić information content (AvgIpc) is 2.38. The van der Waals surface area contributed by atoms with Gasteiger partial charge in [0.25, 0.3) is 0 Å². The molecule has 0 unspecified atom stereocenters. The summed E-state index contributed by atoms with van der Waals surface area (Å²) in [5.74, 6) is 0. The Kier molecular flexibility index (Phi) is 18.5. The molecule has 20 heavy (non-hydrogen) atoms. The fourth-order valence-electron chi connectivity index (χ4n) is 2.63. The smallest absolute Gasteiger partial charge is 0.0790 e. The van der Waals surface area contributed by atoms with E-state index in [9.17, 15) is 0 Å². The van der Waals surface area contributed by atoms with Gasteiger partial charge in [-0.25, -0.2) is 0 Å². The third-order valence-electron chi connectivity index (χ3n) is 4.01. The summed E-state index contributed by atoms with van der Waals surface area (Å²) in [7, 11) is 4.74. The molecular formula is C17H37BrClN. The standard InChI is InChI=1S/C17H37BrN.ClH/c1-4-5-6-7-8-9-10-11-12-13-16-19(2,3)17-14-15-18;/h4-17H2,1-3H3;1H/q+1;/p-1. The van der Waals surface area contributed by atoms with Gasteiger partial charge in [0.15, 0.2) is 0 Å². The topological polar surface area (TPSA) is 0 Å². The van der Waals surface area contributed by atoms with Crippen molar-refractivity contribution in [1.29, 1.82) is 0 Å². The van der Waals surface area contributed by atoms with Crippen molar-refractivity contribution in [1.82, 2.24) is 0 Å². The lowest BCUT2D eigenvalue weighted by Gasteiger charge is -2.29. The molecule has 124 valence electrons. The molecule has 0 bridgehead atoms. The quantitative estimate of drug-likeness (QED) is 0.250. The van der Waals surface area contributed by atoms with Crippen molar-refractivity contribution in [2.45, 2.75) is 77.6 Å². The Morgan fingerprint density at radius 1 is 0.650 bits per heavy atom. The summed E-state index contributed by atoms with van der Waals surface area (Å²) in [5.41, 5.74) is 0. The van der Waals surface area contributed by atoms with E-state index in [1.807, 2.05) is 0 Å². The molecule has 0 atom stereocenters. The molecule has 3 heteroatoms. The van der Waals surface area contributed by atoms with Crippen molar-refractivity contribution in [2.24, 2.45) is 0 Å². The molecule has 0 saturated carbocycles. The first-order valence-corrected chi connectivity index (χ1v) is 9.62. The summed E-state index contributed by atoms with van der Waals surface area (Å²) in [6, 6.07) is 0. The molecule has 0 aromatic heterocycles. The van der Waals surface area contributed by atoms with E-state index in [4.69, 9.17) is 0 Å². The Morgan fingerprint density at radius 2 is 1.05 bits per heavy atom. The molecule has 0 heterocycles. The Morgan fingerprint density at radius 3 is 1.50 bits per heavy atom. The van der Waals surface area contributed by atoms with Crippen molar-refractivity contribution in [3.8, 4) is 0 Å². The summed E-state index contributed by atoms with van der Waals surface area (Å²) >= 11 is 3.52. The van der Waals surface area contributed by atoms with E-state index in [0.29, 0.717) is 0 Å². The number of nitrogens with zero attached hydrogens (tertiary/aromatic N) is 1. The monoisotopic (exact) mass is 369 g/mol. The first-order chi connectivity index (χ1) is 9.12. The van der Waals surface area contributed by atoms with Gasteiger partial charge in [0, 0.05) is 11.8 Å². The van der Waals surface area contributed by atoms with Gasteiger partial charge < -0.3 is 16.9 Å². The van der Waals surface area contributed by atoms with Crippen LogP contribution in [0.3, 0.4) is 0 Å². The number of halogens is 2. The van der Waals surface area contributed by atoms with Gasteiger partial charge in [0.1, 0.15) is 0 Å². The van der Waals surface area contributed by atoms with Crippen LogP contribution in [0, 0.1) is 0 Å². The van der Waals surface area contributed by atoms with Crippen molar-refractivity contribution in [3.63, 3.8) is 0 Å². The zero-order chi connectivity index (χ0) is 14.4. The van der Waals surface area contributed by atoms with Gasteiger partial charge in [-0.2, -0.15) is 0 Å². The average molecular weight is 371 g/mol. The molecule has 0 rings (SSSR count). The first-order valence-electron chi connectivity index (χ1n) is 8.50. The normalized spacial score (nSPS) is 11.4. The van der Waals surface area contributed by atoms with Gasteiger partial charge in [0.2, 0.25) is 0 Å². The second kappa shape index (κ2) is 16.1. The van der Waals surface area contributed by atoms with Gasteiger partial charge in [-0.15, -0.1) is 0 Å². The molecule has 0 radical (unpaired) electrons. The van der Waals surface area contributed by atoms with Gasteiger partial charge in [-0.3, -0.25) is 0 Å². The van der Waals surface area contributed by atoms with Crippen LogP contribution in [0.15, 0.2) is 0 Å². The third kappa shape index (κ3) is 16.8. The minimum atomic E-state index is 0. The molecule has 0 aliphatic carbocycles. The largest absolute Gasteiger partial charge is 1.00 e. The summed E-state index contributed by atoms with van der Waals surface area (Å²) in [5, 5.41) is 1.15. The number of hydrogen-bond donors (Lipinski definition) is 0. The predicted octanol–water partition coefficient (Wildman–Crippen LogP) is 2.77. The van der Waals surface area contributed by atoms with E-state index in [-0.39, 0.29) is 12.4 Å². The van der Waals surface area contributed by atoms with Crippen LogP contribution in [-0.2, 0) is 0 Å². The zero-order valence-electron chi connectivity index (χ0n) is 14.1. The Bertz CT molecular complexity index is 186. The lowest BCUT2D eigenvalue weighted by molar-refractivity contribution is -0.890. The van der Waals surface area contributed by atoms with Crippen LogP contribution in [0.5, 0.6) is 0 Å². The second-order valence-corrected chi connectivity index (χ2v) is 7.40. The predicted molar refractivity (Wildman–Crippen MR) is 92.1 cm³/mol. The summed E-state index contributed by atoms with van der Waals surface area (Å²) in [6.45, 7) is 4.95. The van der Waals surface area contributed by atoms with E-state index in [0.717, 1.165) is 5.33 Å². The number of hydrogen-bond acceptors (Lipinski definition) is 0. The summed E-state index contributed by atoms with van der Waals surface area (Å²) < 4.78 is 1.20. The molecule has 0 fully saturated rings. The van der Waals surface area contributed by atoms with Gasteiger partial charge >= 0.3 is 0 Å². The second-order valence-electron chi connectivity index (χ2n) is 6.61. The molecular weight excluding hydrogens is 334 g/mol. The Labute approximate surface area is 143 Å². The number of unbranched alkanes of at least 4 members (excludes halogenated alkanes) is 9. The molecule has 0 amide bonds. The highest BCUT2D eigenvalue weighted by Gasteiger charge is 2.12. The minimum Gasteiger partial charge on any atom is -1.00 e. The van der Waals surface area contributed by atoms with Crippen LogP contribution in [0.25, 0.3) is 0 Å². The van der Waals surface area contributed by atoms with E-state index >= 15 is 0 Å². The van der Waals surface area contributed by atoms with Crippen LogP contribution in [0.2, 0.25) is 0 Å². The fourth-order valence-corrected chi connectivity index (χ4v) is 2.88. The summed E-state index contributed by atoms with van der Waals surface area (Å²) in [4.78, 5) is 0. The van der Waals surface area contributed by atoms with E-state index in [2.05, 4.69) is 36.9 Å². The van der Waals surface area contributed by atoms with Crippen LogP contribution >= 0.6 is 15.9 Å². The molecule has 0 aliphatic heterocycles. The van der Waals surface area contributed by atoms with Crippen LogP contribution in [0.1, 0.15) is 77.6 Å². The highest BCUT2D eigenvalue weighted by atomic mass is 79.9. The molecule has 0 saturated heterocycles. The SMILES string of the molecule is CCCCCCCCCCCC[N+](C)(C)CCCBr.[Cl-]. The van der Waals surface area contributed by atoms with Crippen LogP contribution in [0.4, 0.5) is 0 Å². The molecule has 0 aromatic carbocycles. The van der Waals surface area contributed by atoms with Crippen molar-refractivity contribution in [2.75, 3.05) is 32.5 Å². The number of quaternary nitrogens is 1. The molecule has 0 aliphatic rings. The van der Waals surface area contributed by atoms with E-state index in [1.165, 1.54) is 88.2 Å². The van der Waals surface area contributed by atoms with Gasteiger partial charge in [0.05, 0.1) is 27.2 Å². The zero-order valence-corrected chi connectivity index (χ0v) is 16.4. The molecule has 0 aromatic rings. The highest BCUT2D eigenvalue weighted by Crippen LogP contribution is 2.12. The lowest BCUT2D eigenvalue weighted by Crippen LogP contribution is -3.00. The van der Waals surface area contributed by atoms with Crippen LogP contribution < -0.4 is 12.4 Å². The lowest BCUT2D eigenvalue weighted by atomic mass is 10.1. The van der Waals surface area contributed by atoms with Gasteiger partial charge in [-0.1, -0.05) is 74.2 Å². The Hall–Kier alpha value is 0.730. The molecule has 0 spiro atoms. The minimum absolute atomic E-state index is 0. The maximum absolute atomic E-state index is 3.52. The maximum Gasteiger partial charge on any atom is 0.0790 e. The molecule has 1 nitrogen and oxygen atoms in total. The first kappa shape index (κ1) is 23.0.